The molecule has 2 rings (SSSR count). The Bertz CT molecular complexity index is 463. The summed E-state index contributed by atoms with van der Waals surface area (Å²) >= 11 is 3.12. The third-order valence-corrected chi connectivity index (χ3v) is 4.78. The smallest absolute Gasteiger partial charge is 0.252 e. The van der Waals surface area contributed by atoms with Gasteiger partial charge in [0.25, 0.3) is 5.91 Å². The van der Waals surface area contributed by atoms with E-state index in [-0.39, 0.29) is 16.4 Å². The topological polar surface area (TPSA) is 29.1 Å². The van der Waals surface area contributed by atoms with E-state index in [9.17, 15) is 9.18 Å². The van der Waals surface area contributed by atoms with Crippen LogP contribution in [0.5, 0.6) is 0 Å². The summed E-state index contributed by atoms with van der Waals surface area (Å²) < 4.78 is 13.6. The number of nitrogens with one attached hydrogen (secondary N) is 1. The number of hydrogen-bond donors (Lipinski definition) is 1. The van der Waals surface area contributed by atoms with E-state index >= 15 is 0 Å². The first-order valence-corrected chi connectivity index (χ1v) is 7.05. The number of carbonyl (C=O) groups excluding carboxylic acids is 1. The molecule has 0 radical (unpaired) electrons. The number of halogens is 2. The van der Waals surface area contributed by atoms with Crippen LogP contribution < -0.4 is 5.32 Å². The van der Waals surface area contributed by atoms with Crippen molar-refractivity contribution >= 4 is 21.8 Å². The lowest BCUT2D eigenvalue weighted by atomic mass is 9.97. The van der Waals surface area contributed by atoms with E-state index in [0.29, 0.717) is 17.4 Å². The van der Waals surface area contributed by atoms with Gasteiger partial charge in [-0.25, -0.2) is 4.39 Å². The zero-order valence-electron chi connectivity index (χ0n) is 10.5. The molecule has 1 aliphatic carbocycles. The Labute approximate surface area is 115 Å². The quantitative estimate of drug-likeness (QED) is 0.885. The van der Waals surface area contributed by atoms with Gasteiger partial charge in [0.1, 0.15) is 5.82 Å². The van der Waals surface area contributed by atoms with Crippen molar-refractivity contribution in [2.45, 2.75) is 32.7 Å². The molecule has 1 fully saturated rings. The van der Waals surface area contributed by atoms with E-state index in [1.54, 1.807) is 12.1 Å². The molecule has 98 valence electrons. The fraction of sp³-hybridized carbons (Fsp3) is 0.500. The Morgan fingerprint density at radius 1 is 1.39 bits per heavy atom. The molecule has 0 bridgehead atoms. The Morgan fingerprint density at radius 2 is 2.11 bits per heavy atom. The minimum absolute atomic E-state index is 0.197. The lowest BCUT2D eigenvalue weighted by molar-refractivity contribution is 0.0926. The van der Waals surface area contributed by atoms with Crippen molar-refractivity contribution < 1.29 is 9.18 Å². The van der Waals surface area contributed by atoms with Crippen LogP contribution in [0.25, 0.3) is 0 Å². The average Bonchev–Trinajstić information content (AvgIpc) is 2.64. The van der Waals surface area contributed by atoms with Gasteiger partial charge >= 0.3 is 0 Å². The largest absolute Gasteiger partial charge is 0.349 e. The lowest BCUT2D eigenvalue weighted by Crippen LogP contribution is -2.37. The van der Waals surface area contributed by atoms with Crippen molar-refractivity contribution in [3.63, 3.8) is 0 Å². The first-order chi connectivity index (χ1) is 8.50. The van der Waals surface area contributed by atoms with E-state index in [1.165, 1.54) is 6.07 Å². The minimum atomic E-state index is -0.407. The molecule has 1 aromatic rings. The van der Waals surface area contributed by atoms with Gasteiger partial charge < -0.3 is 5.32 Å². The Morgan fingerprint density at radius 3 is 2.72 bits per heavy atom. The molecule has 1 aliphatic rings. The van der Waals surface area contributed by atoms with Crippen molar-refractivity contribution in [1.82, 2.24) is 5.32 Å². The lowest BCUT2D eigenvalue weighted by Gasteiger charge is -2.20. The summed E-state index contributed by atoms with van der Waals surface area (Å²) in [5, 5.41) is 3.01. The molecular weight excluding hydrogens is 297 g/mol. The normalized spacial score (nSPS) is 27.2. The molecule has 1 saturated carbocycles. The summed E-state index contributed by atoms with van der Waals surface area (Å²) in [6, 6.07) is 4.71. The molecule has 1 N–H and O–H groups in total. The Hall–Kier alpha value is -0.900. The molecule has 1 aromatic carbocycles. The molecule has 0 heterocycles. The van der Waals surface area contributed by atoms with Crippen LogP contribution in [0.1, 0.15) is 37.0 Å². The van der Waals surface area contributed by atoms with E-state index in [2.05, 4.69) is 35.1 Å². The molecule has 0 spiro atoms. The number of hydrogen-bond acceptors (Lipinski definition) is 1. The van der Waals surface area contributed by atoms with Gasteiger partial charge in [0.15, 0.2) is 0 Å². The summed E-state index contributed by atoms with van der Waals surface area (Å²) in [7, 11) is 0. The second-order valence-corrected chi connectivity index (χ2v) is 5.89. The fourth-order valence-corrected chi connectivity index (χ4v) is 2.94. The number of rotatable bonds is 2. The SMILES string of the molecule is CC1CCC(NC(=O)c2cccc(F)c2Br)C1C. The molecule has 3 unspecified atom stereocenters. The van der Waals surface area contributed by atoms with Gasteiger partial charge in [-0.1, -0.05) is 19.9 Å². The Balaban J connectivity index is 2.11. The standard InChI is InChI=1S/C14H17BrFNO/c1-8-6-7-12(9(8)2)17-14(18)10-4-3-5-11(16)13(10)15/h3-5,8-9,12H,6-7H2,1-2H3,(H,17,18). The zero-order chi connectivity index (χ0) is 13.3. The van der Waals surface area contributed by atoms with Gasteiger partial charge in [-0.15, -0.1) is 0 Å². The van der Waals surface area contributed by atoms with Gasteiger partial charge in [0.2, 0.25) is 0 Å². The second-order valence-electron chi connectivity index (χ2n) is 5.10. The predicted molar refractivity (Wildman–Crippen MR) is 72.9 cm³/mol. The van der Waals surface area contributed by atoms with E-state index in [0.717, 1.165) is 12.8 Å². The summed E-state index contributed by atoms with van der Waals surface area (Å²) in [5.74, 6) is 0.496. The first kappa shape index (κ1) is 13.5. The molecule has 3 atom stereocenters. The first-order valence-electron chi connectivity index (χ1n) is 6.25. The summed E-state index contributed by atoms with van der Waals surface area (Å²) in [6.07, 6.45) is 2.14. The third-order valence-electron chi connectivity index (χ3n) is 3.98. The monoisotopic (exact) mass is 313 g/mol. The van der Waals surface area contributed by atoms with Crippen molar-refractivity contribution in [2.75, 3.05) is 0 Å². The van der Waals surface area contributed by atoms with E-state index < -0.39 is 5.82 Å². The molecule has 1 amide bonds. The van der Waals surface area contributed by atoms with Crippen molar-refractivity contribution in [2.24, 2.45) is 11.8 Å². The van der Waals surface area contributed by atoms with Gasteiger partial charge in [0.05, 0.1) is 10.0 Å². The van der Waals surface area contributed by atoms with Crippen LogP contribution in [0.3, 0.4) is 0 Å². The summed E-state index contributed by atoms with van der Waals surface area (Å²) in [5.41, 5.74) is 0.363. The number of carbonyl (C=O) groups is 1. The maximum absolute atomic E-state index is 13.4. The highest BCUT2D eigenvalue weighted by Gasteiger charge is 2.31. The summed E-state index contributed by atoms with van der Waals surface area (Å²) in [6.45, 7) is 4.36. The highest BCUT2D eigenvalue weighted by molar-refractivity contribution is 9.10. The van der Waals surface area contributed by atoms with Crippen LogP contribution in [0, 0.1) is 17.7 Å². The average molecular weight is 314 g/mol. The van der Waals surface area contributed by atoms with Crippen LogP contribution in [-0.2, 0) is 0 Å². The minimum Gasteiger partial charge on any atom is -0.349 e. The van der Waals surface area contributed by atoms with Gasteiger partial charge in [-0.2, -0.15) is 0 Å². The van der Waals surface area contributed by atoms with Crippen LogP contribution in [0.15, 0.2) is 22.7 Å². The number of benzene rings is 1. The molecule has 0 saturated heterocycles. The van der Waals surface area contributed by atoms with Crippen molar-refractivity contribution in [1.29, 1.82) is 0 Å². The fourth-order valence-electron chi connectivity index (χ4n) is 2.49. The zero-order valence-corrected chi connectivity index (χ0v) is 12.1. The molecule has 0 aromatic heterocycles. The molecule has 4 heteroatoms. The van der Waals surface area contributed by atoms with E-state index in [1.807, 2.05) is 0 Å². The molecule has 18 heavy (non-hydrogen) atoms. The van der Waals surface area contributed by atoms with Crippen molar-refractivity contribution in [3.8, 4) is 0 Å². The Kier molecular flexibility index (Phi) is 4.05. The third kappa shape index (κ3) is 2.58. The van der Waals surface area contributed by atoms with Crippen LogP contribution in [0.4, 0.5) is 4.39 Å². The van der Waals surface area contributed by atoms with Crippen LogP contribution >= 0.6 is 15.9 Å². The van der Waals surface area contributed by atoms with Crippen molar-refractivity contribution in [3.05, 3.63) is 34.1 Å². The van der Waals surface area contributed by atoms with Crippen LogP contribution in [-0.4, -0.2) is 11.9 Å². The van der Waals surface area contributed by atoms with Crippen LogP contribution in [0.2, 0.25) is 0 Å². The molecule has 0 aliphatic heterocycles. The van der Waals surface area contributed by atoms with E-state index in [4.69, 9.17) is 0 Å². The van der Waals surface area contributed by atoms with Gasteiger partial charge in [0, 0.05) is 6.04 Å². The predicted octanol–water partition coefficient (Wildman–Crippen LogP) is 3.75. The maximum Gasteiger partial charge on any atom is 0.252 e. The maximum atomic E-state index is 13.4. The summed E-state index contributed by atoms with van der Waals surface area (Å²) in [4.78, 5) is 12.1. The number of amides is 1. The highest BCUT2D eigenvalue weighted by atomic mass is 79.9. The molecular formula is C14H17BrFNO. The van der Waals surface area contributed by atoms with Gasteiger partial charge in [-0.05, 0) is 52.7 Å². The highest BCUT2D eigenvalue weighted by Crippen LogP contribution is 2.31. The van der Waals surface area contributed by atoms with Gasteiger partial charge in [-0.3, -0.25) is 4.79 Å². The molecule has 2 nitrogen and oxygen atoms in total. The second kappa shape index (κ2) is 5.39.